The molecule has 0 aromatic rings. The van der Waals surface area contributed by atoms with Gasteiger partial charge in [-0.25, -0.2) is 4.40 Å². The second-order valence-electron chi connectivity index (χ2n) is 0.903. The first-order valence-corrected chi connectivity index (χ1v) is 2.83. The Balaban J connectivity index is 2.32. The van der Waals surface area contributed by atoms with Gasteiger partial charge in [0.05, 0.1) is 0 Å². The zero-order valence-corrected chi connectivity index (χ0v) is 4.54. The second-order valence-corrected chi connectivity index (χ2v) is 2.56. The van der Waals surface area contributed by atoms with E-state index in [0.29, 0.717) is 0 Å². The zero-order chi connectivity index (χ0) is 4.41. The Hall–Kier alpha value is 0.310. The molecule has 0 aromatic carbocycles. The van der Waals surface area contributed by atoms with E-state index in [0.717, 1.165) is 0 Å². The fraction of sp³-hybridized carbons (Fsp3) is 0.333. The van der Waals surface area contributed by atoms with Crippen LogP contribution in [0.3, 0.4) is 0 Å². The molecule has 33 valence electrons. The summed E-state index contributed by atoms with van der Waals surface area (Å²) in [7, 11) is 0. The van der Waals surface area contributed by atoms with Gasteiger partial charge >= 0.3 is 0 Å². The van der Waals surface area contributed by atoms with Crippen LogP contribution < -0.4 is 0 Å². The lowest BCUT2D eigenvalue weighted by atomic mass is 10.5. The Bertz CT molecular complexity index is 65.2. The lowest BCUT2D eigenvalue weighted by Crippen LogP contribution is -1.81. The first kappa shape index (κ1) is 4.47. The Labute approximate surface area is 45.9 Å². The Morgan fingerprint density at radius 3 is 2.83 bits per heavy atom. The van der Waals surface area contributed by atoms with Gasteiger partial charge in [-0.3, -0.25) is 0 Å². The van der Waals surface area contributed by atoms with E-state index in [9.17, 15) is 0 Å². The van der Waals surface area contributed by atoms with Gasteiger partial charge in [-0.05, 0) is 11.9 Å². The van der Waals surface area contributed by atoms with Gasteiger partial charge < -0.3 is 0 Å². The highest BCUT2D eigenvalue weighted by atomic mass is 35.5. The highest BCUT2D eigenvalue weighted by molar-refractivity contribution is 8.00. The van der Waals surface area contributed by atoms with Crippen molar-refractivity contribution in [3.05, 3.63) is 6.42 Å². The standard InChI is InChI=1S/C3H3ClNS/c4-3-1-2-5-6-3/h1-3H. The van der Waals surface area contributed by atoms with E-state index in [1.54, 1.807) is 6.21 Å². The Morgan fingerprint density at radius 2 is 2.67 bits per heavy atom. The van der Waals surface area contributed by atoms with Crippen molar-refractivity contribution in [1.29, 1.82) is 0 Å². The number of hydrogen-bond acceptors (Lipinski definition) is 2. The van der Waals surface area contributed by atoms with Crippen LogP contribution in [0.1, 0.15) is 0 Å². The van der Waals surface area contributed by atoms with Crippen LogP contribution >= 0.6 is 23.5 Å². The van der Waals surface area contributed by atoms with E-state index >= 15 is 0 Å². The molecular weight excluding hydrogens is 118 g/mol. The van der Waals surface area contributed by atoms with Crippen LogP contribution in [0, 0.1) is 6.42 Å². The summed E-state index contributed by atoms with van der Waals surface area (Å²) in [6, 6.07) is 0. The van der Waals surface area contributed by atoms with Crippen LogP contribution in [-0.4, -0.2) is 10.9 Å². The molecule has 0 amide bonds. The van der Waals surface area contributed by atoms with Gasteiger partial charge in [0, 0.05) is 12.6 Å². The predicted octanol–water partition coefficient (Wildman–Crippen LogP) is 1.49. The maximum atomic E-state index is 5.49. The molecule has 1 aliphatic heterocycles. The summed E-state index contributed by atoms with van der Waals surface area (Å²) in [5.74, 6) is 0. The smallest absolute Gasteiger partial charge is 0.109 e. The molecule has 1 rings (SSSR count). The van der Waals surface area contributed by atoms with Gasteiger partial charge in [0.25, 0.3) is 0 Å². The number of halogens is 1. The summed E-state index contributed by atoms with van der Waals surface area (Å²) in [5, 5.41) is 0. The van der Waals surface area contributed by atoms with E-state index in [-0.39, 0.29) is 4.71 Å². The molecule has 1 aliphatic rings. The molecule has 0 aromatic heterocycles. The number of alkyl halides is 1. The molecule has 0 saturated heterocycles. The normalized spacial score (nSPS) is 31.8. The van der Waals surface area contributed by atoms with E-state index in [1.807, 2.05) is 6.42 Å². The van der Waals surface area contributed by atoms with Crippen LogP contribution in [0.25, 0.3) is 0 Å². The van der Waals surface area contributed by atoms with Gasteiger partial charge in [-0.1, -0.05) is 0 Å². The Morgan fingerprint density at radius 1 is 1.83 bits per heavy atom. The molecule has 1 atom stereocenters. The van der Waals surface area contributed by atoms with Crippen molar-refractivity contribution >= 4 is 29.8 Å². The molecule has 1 radical (unpaired) electrons. The minimum absolute atomic E-state index is 0.0880. The average molecular weight is 121 g/mol. The van der Waals surface area contributed by atoms with Crippen molar-refractivity contribution in [3.8, 4) is 0 Å². The molecule has 1 heterocycles. The predicted molar refractivity (Wildman–Crippen MR) is 30.0 cm³/mol. The summed E-state index contributed by atoms with van der Waals surface area (Å²) in [5.41, 5.74) is 0. The summed E-state index contributed by atoms with van der Waals surface area (Å²) >= 11 is 6.87. The SMILES string of the molecule is ClC1[CH]C=NS1. The molecule has 0 N–H and O–H groups in total. The lowest BCUT2D eigenvalue weighted by molar-refractivity contribution is 1.59. The topological polar surface area (TPSA) is 12.4 Å². The monoisotopic (exact) mass is 120 g/mol. The molecule has 0 saturated carbocycles. The van der Waals surface area contributed by atoms with Gasteiger partial charge in [0.1, 0.15) is 4.71 Å². The van der Waals surface area contributed by atoms with Crippen molar-refractivity contribution in [2.45, 2.75) is 4.71 Å². The van der Waals surface area contributed by atoms with E-state index in [1.165, 1.54) is 11.9 Å². The average Bonchev–Trinajstić information content (AvgIpc) is 1.86. The summed E-state index contributed by atoms with van der Waals surface area (Å²) in [4.78, 5) is 0. The van der Waals surface area contributed by atoms with Crippen molar-refractivity contribution < 1.29 is 0 Å². The molecule has 0 aliphatic carbocycles. The molecular formula is C3H3ClNS. The fourth-order valence-electron chi connectivity index (χ4n) is 0.231. The summed E-state index contributed by atoms with van der Waals surface area (Å²) in [6.45, 7) is 0. The van der Waals surface area contributed by atoms with Crippen molar-refractivity contribution in [2.75, 3.05) is 0 Å². The van der Waals surface area contributed by atoms with Gasteiger partial charge in [0.15, 0.2) is 0 Å². The maximum Gasteiger partial charge on any atom is 0.109 e. The first-order valence-electron chi connectivity index (χ1n) is 1.56. The molecule has 0 fully saturated rings. The third-order valence-electron chi connectivity index (χ3n) is 0.460. The first-order chi connectivity index (χ1) is 2.89. The molecule has 1 nitrogen and oxygen atoms in total. The van der Waals surface area contributed by atoms with Crippen LogP contribution in [0.5, 0.6) is 0 Å². The zero-order valence-electron chi connectivity index (χ0n) is 2.97. The number of rotatable bonds is 0. The third-order valence-corrected chi connectivity index (χ3v) is 1.45. The van der Waals surface area contributed by atoms with Crippen molar-refractivity contribution in [3.63, 3.8) is 0 Å². The minimum atomic E-state index is 0.0880. The molecule has 0 spiro atoms. The molecule has 1 unspecified atom stereocenters. The van der Waals surface area contributed by atoms with Gasteiger partial charge in [-0.15, -0.1) is 11.6 Å². The van der Waals surface area contributed by atoms with Crippen LogP contribution in [0.15, 0.2) is 4.40 Å². The third kappa shape index (κ3) is 0.884. The van der Waals surface area contributed by atoms with E-state index < -0.39 is 0 Å². The van der Waals surface area contributed by atoms with Crippen LogP contribution in [0.4, 0.5) is 0 Å². The fourth-order valence-corrected chi connectivity index (χ4v) is 0.832. The van der Waals surface area contributed by atoms with E-state index in [2.05, 4.69) is 4.40 Å². The van der Waals surface area contributed by atoms with Crippen molar-refractivity contribution in [1.82, 2.24) is 0 Å². The Kier molecular flexibility index (Phi) is 1.37. The van der Waals surface area contributed by atoms with E-state index in [4.69, 9.17) is 11.6 Å². The number of hydrogen-bond donors (Lipinski definition) is 0. The van der Waals surface area contributed by atoms with Gasteiger partial charge in [0.2, 0.25) is 0 Å². The molecule has 3 heteroatoms. The van der Waals surface area contributed by atoms with Gasteiger partial charge in [-0.2, -0.15) is 0 Å². The molecule has 0 bridgehead atoms. The van der Waals surface area contributed by atoms with Crippen LogP contribution in [0.2, 0.25) is 0 Å². The highest BCUT2D eigenvalue weighted by Crippen LogP contribution is 2.22. The quantitative estimate of drug-likeness (QED) is 0.349. The second kappa shape index (κ2) is 1.85. The number of nitrogens with zero attached hydrogens (tertiary/aromatic N) is 1. The largest absolute Gasteiger partial charge is 0.227 e. The van der Waals surface area contributed by atoms with Crippen molar-refractivity contribution in [2.24, 2.45) is 4.40 Å². The summed E-state index contributed by atoms with van der Waals surface area (Å²) in [6.07, 6.45) is 3.55. The highest BCUT2D eigenvalue weighted by Gasteiger charge is 2.06. The van der Waals surface area contributed by atoms with Crippen LogP contribution in [-0.2, 0) is 0 Å². The minimum Gasteiger partial charge on any atom is -0.227 e. The molecule has 6 heavy (non-hydrogen) atoms. The summed E-state index contributed by atoms with van der Waals surface area (Å²) < 4.78 is 3.86. The lowest BCUT2D eigenvalue weighted by Gasteiger charge is -1.85. The maximum absolute atomic E-state index is 5.49.